The van der Waals surface area contributed by atoms with E-state index >= 15 is 0 Å². The van der Waals surface area contributed by atoms with E-state index in [2.05, 4.69) is 28.1 Å². The molecule has 6 heteroatoms. The minimum Gasteiger partial charge on any atom is -0.497 e. The molecule has 0 aromatic heterocycles. The average molecular weight is 487 g/mol. The fourth-order valence-corrected chi connectivity index (χ4v) is 5.57. The highest BCUT2D eigenvalue weighted by molar-refractivity contribution is 9.10. The number of hydrogen-bond acceptors (Lipinski definition) is 4. The van der Waals surface area contributed by atoms with Crippen LogP contribution in [-0.4, -0.2) is 34.7 Å². The molecule has 30 heavy (non-hydrogen) atoms. The smallest absolute Gasteiger partial charge is 0.253 e. The van der Waals surface area contributed by atoms with Crippen molar-refractivity contribution in [1.29, 1.82) is 0 Å². The Balaban J connectivity index is 1.53. The molecule has 1 atom stereocenters. The fourth-order valence-electron chi connectivity index (χ4n) is 4.13. The van der Waals surface area contributed by atoms with Gasteiger partial charge in [0.2, 0.25) is 0 Å². The van der Waals surface area contributed by atoms with Crippen molar-refractivity contribution in [3.05, 3.63) is 64.1 Å². The molecule has 1 aliphatic heterocycles. The number of methoxy groups -OCH3 is 1. The number of rotatable bonds is 6. The Bertz CT molecular complexity index is 892. The Labute approximate surface area is 191 Å². The highest BCUT2D eigenvalue weighted by Gasteiger charge is 2.33. The monoisotopic (exact) mass is 486 g/mol. The Morgan fingerprint density at radius 1 is 1.10 bits per heavy atom. The first-order valence-corrected chi connectivity index (χ1v) is 12.4. The molecule has 0 N–H and O–H groups in total. The van der Waals surface area contributed by atoms with Crippen LogP contribution in [0.4, 0.5) is 0 Å². The minimum absolute atomic E-state index is 0.0750. The Hall–Kier alpha value is -1.79. The quantitative estimate of drug-likeness (QED) is 0.487. The maximum absolute atomic E-state index is 13.2. The van der Waals surface area contributed by atoms with E-state index in [1.165, 1.54) is 32.1 Å². The summed E-state index contributed by atoms with van der Waals surface area (Å²) in [7, 11) is 1.66. The maximum atomic E-state index is 13.2. The Kier molecular flexibility index (Phi) is 7.16. The molecule has 158 valence electrons. The number of hydrazone groups is 1. The van der Waals surface area contributed by atoms with E-state index in [1.54, 1.807) is 12.1 Å². The predicted octanol–water partition coefficient (Wildman–Crippen LogP) is 6.20. The molecule has 1 saturated carbocycles. The van der Waals surface area contributed by atoms with Crippen LogP contribution in [0.2, 0.25) is 0 Å². The van der Waals surface area contributed by atoms with Crippen molar-refractivity contribution in [2.45, 2.75) is 49.8 Å². The molecule has 0 bridgehead atoms. The molecular formula is C24H27BrN2O2S. The van der Waals surface area contributed by atoms with E-state index in [4.69, 9.17) is 9.84 Å². The van der Waals surface area contributed by atoms with Crippen LogP contribution >= 0.6 is 27.7 Å². The number of hydrogen-bond donors (Lipinski definition) is 0. The number of carbonyl (C=O) groups excluding carboxylic acids is 1. The lowest BCUT2D eigenvalue weighted by Crippen LogP contribution is -2.29. The zero-order valence-electron chi connectivity index (χ0n) is 17.2. The summed E-state index contributed by atoms with van der Waals surface area (Å²) in [5, 5.41) is 7.12. The molecule has 0 saturated heterocycles. The summed E-state index contributed by atoms with van der Waals surface area (Å²) in [4.78, 5) is 13.2. The summed E-state index contributed by atoms with van der Waals surface area (Å²) in [6.07, 6.45) is 7.08. The van der Waals surface area contributed by atoms with Crippen LogP contribution < -0.4 is 4.74 Å². The summed E-state index contributed by atoms with van der Waals surface area (Å²) in [5.74, 6) is 1.41. The number of benzene rings is 2. The number of ether oxygens (including phenoxy) is 1. The molecule has 4 nitrogen and oxygen atoms in total. The van der Waals surface area contributed by atoms with Gasteiger partial charge in [0.05, 0.1) is 24.6 Å². The van der Waals surface area contributed by atoms with Gasteiger partial charge in [0.1, 0.15) is 5.75 Å². The first-order valence-electron chi connectivity index (χ1n) is 10.5. The second-order valence-corrected chi connectivity index (χ2v) is 10.1. The summed E-state index contributed by atoms with van der Waals surface area (Å²) in [5.41, 5.74) is 3.11. The second-order valence-electron chi connectivity index (χ2n) is 7.86. The molecule has 2 aromatic carbocycles. The van der Waals surface area contributed by atoms with Gasteiger partial charge in [-0.1, -0.05) is 59.5 Å². The van der Waals surface area contributed by atoms with E-state index in [0.717, 1.165) is 27.1 Å². The Morgan fingerprint density at radius 3 is 2.47 bits per heavy atom. The molecule has 4 rings (SSSR count). The van der Waals surface area contributed by atoms with Crippen molar-refractivity contribution in [3.8, 4) is 5.75 Å². The van der Waals surface area contributed by atoms with Crippen LogP contribution in [0, 0.1) is 0 Å². The van der Waals surface area contributed by atoms with Crippen molar-refractivity contribution in [2.75, 3.05) is 12.9 Å². The van der Waals surface area contributed by atoms with E-state index in [9.17, 15) is 4.79 Å². The third-order valence-electron chi connectivity index (χ3n) is 5.84. The van der Waals surface area contributed by atoms with E-state index in [0.29, 0.717) is 17.4 Å². The van der Waals surface area contributed by atoms with Crippen molar-refractivity contribution in [3.63, 3.8) is 0 Å². The van der Waals surface area contributed by atoms with Gasteiger partial charge in [-0.25, -0.2) is 5.01 Å². The lowest BCUT2D eigenvalue weighted by molar-refractivity contribution is -0.130. The molecule has 1 heterocycles. The van der Waals surface area contributed by atoms with Gasteiger partial charge in [0.25, 0.3) is 5.91 Å². The number of nitrogens with zero attached hydrogens (tertiary/aromatic N) is 2. The van der Waals surface area contributed by atoms with Gasteiger partial charge in [-0.05, 0) is 48.2 Å². The highest BCUT2D eigenvalue weighted by Crippen LogP contribution is 2.35. The van der Waals surface area contributed by atoms with Gasteiger partial charge in [-0.3, -0.25) is 4.79 Å². The van der Waals surface area contributed by atoms with Gasteiger partial charge in [0.15, 0.2) is 0 Å². The van der Waals surface area contributed by atoms with Crippen LogP contribution in [0.15, 0.2) is 58.1 Å². The number of carbonyl (C=O) groups is 1. The summed E-state index contributed by atoms with van der Waals surface area (Å²) >= 11 is 5.30. The van der Waals surface area contributed by atoms with Crippen molar-refractivity contribution in [2.24, 2.45) is 5.10 Å². The lowest BCUT2D eigenvalue weighted by Gasteiger charge is -2.24. The number of amides is 1. The summed E-state index contributed by atoms with van der Waals surface area (Å²) in [6, 6.07) is 16.0. The lowest BCUT2D eigenvalue weighted by atomic mass is 9.98. The third kappa shape index (κ3) is 5.09. The van der Waals surface area contributed by atoms with Gasteiger partial charge >= 0.3 is 0 Å². The van der Waals surface area contributed by atoms with Crippen molar-refractivity contribution in [1.82, 2.24) is 5.01 Å². The normalized spacial score (nSPS) is 19.6. The molecule has 2 aromatic rings. The van der Waals surface area contributed by atoms with Gasteiger partial charge in [0, 0.05) is 16.1 Å². The van der Waals surface area contributed by atoms with Crippen LogP contribution in [0.1, 0.15) is 55.7 Å². The molecule has 2 aliphatic rings. The first-order chi connectivity index (χ1) is 14.6. The third-order valence-corrected chi connectivity index (χ3v) is 7.72. The van der Waals surface area contributed by atoms with Crippen LogP contribution in [0.5, 0.6) is 5.75 Å². The molecule has 0 spiro atoms. The van der Waals surface area contributed by atoms with Crippen molar-refractivity contribution >= 4 is 39.3 Å². The molecule has 1 aliphatic carbocycles. The zero-order chi connectivity index (χ0) is 20.9. The van der Waals surface area contributed by atoms with Crippen LogP contribution in [-0.2, 0) is 4.79 Å². The molecular weight excluding hydrogens is 460 g/mol. The summed E-state index contributed by atoms with van der Waals surface area (Å²) < 4.78 is 6.33. The highest BCUT2D eigenvalue weighted by atomic mass is 79.9. The molecule has 1 fully saturated rings. The van der Waals surface area contributed by atoms with E-state index in [1.807, 2.05) is 48.2 Å². The van der Waals surface area contributed by atoms with E-state index in [-0.39, 0.29) is 11.9 Å². The zero-order valence-corrected chi connectivity index (χ0v) is 19.6. The van der Waals surface area contributed by atoms with Gasteiger partial charge < -0.3 is 4.74 Å². The number of thioether (sulfide) groups is 1. The molecule has 0 radical (unpaired) electrons. The molecule has 0 unspecified atom stereocenters. The predicted molar refractivity (Wildman–Crippen MR) is 127 cm³/mol. The number of halogens is 1. The second kappa shape index (κ2) is 10.0. The minimum atomic E-state index is -0.0750. The van der Waals surface area contributed by atoms with Gasteiger partial charge in [-0.15, -0.1) is 11.8 Å². The average Bonchev–Trinajstić information content (AvgIpc) is 3.24. The van der Waals surface area contributed by atoms with Crippen LogP contribution in [0.25, 0.3) is 0 Å². The SMILES string of the molecule is COc1ccc([C@@H]2CC(c3ccc(Br)cc3)=NN2C(=O)CSC2CCCCC2)cc1. The fraction of sp³-hybridized carbons (Fsp3) is 0.417. The summed E-state index contributed by atoms with van der Waals surface area (Å²) in [6.45, 7) is 0. The van der Waals surface area contributed by atoms with Gasteiger partial charge in [-0.2, -0.15) is 5.10 Å². The maximum Gasteiger partial charge on any atom is 0.253 e. The van der Waals surface area contributed by atoms with Crippen molar-refractivity contribution < 1.29 is 9.53 Å². The standard InChI is InChI=1S/C24H27BrN2O2S/c1-29-20-13-9-18(10-14-20)23-15-22(17-7-11-19(25)12-8-17)26-27(23)24(28)16-30-21-5-3-2-4-6-21/h7-14,21,23H,2-6,15-16H2,1H3/t23-/m0/s1. The van der Waals surface area contributed by atoms with E-state index < -0.39 is 0 Å². The largest absolute Gasteiger partial charge is 0.497 e. The topological polar surface area (TPSA) is 41.9 Å². The van der Waals surface area contributed by atoms with Crippen LogP contribution in [0.3, 0.4) is 0 Å². The first kappa shape index (κ1) is 21.4. The molecule has 1 amide bonds. The Morgan fingerprint density at radius 2 is 1.80 bits per heavy atom.